The second-order valence-corrected chi connectivity index (χ2v) is 5.95. The Morgan fingerprint density at radius 2 is 2.00 bits per heavy atom. The normalized spacial score (nSPS) is 17.5. The summed E-state index contributed by atoms with van der Waals surface area (Å²) >= 11 is 6.43. The molecular formula is C16H21ClO4. The molecule has 0 amide bonds. The second kappa shape index (κ2) is 6.14. The first kappa shape index (κ1) is 16.0. The molecule has 4 nitrogen and oxygen atoms in total. The Hall–Kier alpha value is -1.42. The highest BCUT2D eigenvalue weighted by molar-refractivity contribution is 6.33. The Balaban J connectivity index is 2.72. The predicted molar refractivity (Wildman–Crippen MR) is 81.4 cm³/mol. The zero-order chi connectivity index (χ0) is 15.6. The number of hydrogen-bond donors (Lipinski definition) is 2. The van der Waals surface area contributed by atoms with Crippen molar-refractivity contribution in [3.05, 3.63) is 22.2 Å². The van der Waals surface area contributed by atoms with Gasteiger partial charge in [0.2, 0.25) is 0 Å². The van der Waals surface area contributed by atoms with Crippen LogP contribution in [0.25, 0.3) is 0 Å². The Morgan fingerprint density at radius 1 is 1.38 bits per heavy atom. The summed E-state index contributed by atoms with van der Waals surface area (Å²) in [7, 11) is 1.46. The fourth-order valence-electron chi connectivity index (χ4n) is 3.25. The highest BCUT2D eigenvalue weighted by Crippen LogP contribution is 2.50. The van der Waals surface area contributed by atoms with Crippen LogP contribution in [0, 0.1) is 0 Å². The lowest BCUT2D eigenvalue weighted by atomic mass is 9.68. The fourth-order valence-corrected chi connectivity index (χ4v) is 3.71. The standard InChI is InChI=1S/C16H21ClO4/c1-3-10-9-11(21-2)14(18)12(13(10)17)16(15(19)20)7-5-4-6-8-16/h9,18H,3-8H2,1-2H3,(H,19,20). The van der Waals surface area contributed by atoms with Gasteiger partial charge in [-0.3, -0.25) is 4.79 Å². The molecule has 0 saturated heterocycles. The molecule has 0 spiro atoms. The maximum Gasteiger partial charge on any atom is 0.314 e. The highest BCUT2D eigenvalue weighted by Gasteiger charge is 2.45. The molecular weight excluding hydrogens is 292 g/mol. The zero-order valence-electron chi connectivity index (χ0n) is 12.4. The number of carboxylic acid groups (broad SMARTS) is 1. The molecule has 1 aliphatic rings. The van der Waals surface area contributed by atoms with Crippen LogP contribution in [0.15, 0.2) is 6.07 Å². The minimum atomic E-state index is -1.11. The maximum absolute atomic E-state index is 12.0. The van der Waals surface area contributed by atoms with E-state index >= 15 is 0 Å². The van der Waals surface area contributed by atoms with Gasteiger partial charge < -0.3 is 14.9 Å². The minimum Gasteiger partial charge on any atom is -0.504 e. The lowest BCUT2D eigenvalue weighted by molar-refractivity contribution is -0.145. The number of ether oxygens (including phenoxy) is 1. The van der Waals surface area contributed by atoms with Crippen molar-refractivity contribution in [2.75, 3.05) is 7.11 Å². The monoisotopic (exact) mass is 312 g/mol. The van der Waals surface area contributed by atoms with Gasteiger partial charge in [-0.1, -0.05) is 37.8 Å². The van der Waals surface area contributed by atoms with Gasteiger partial charge in [0.15, 0.2) is 11.5 Å². The van der Waals surface area contributed by atoms with Gasteiger partial charge in [-0.15, -0.1) is 0 Å². The molecule has 0 radical (unpaired) electrons. The number of halogens is 1. The Labute approximate surface area is 129 Å². The Morgan fingerprint density at radius 3 is 2.48 bits per heavy atom. The summed E-state index contributed by atoms with van der Waals surface area (Å²) in [5, 5.41) is 20.7. The van der Waals surface area contributed by atoms with Gasteiger partial charge in [-0.05, 0) is 30.9 Å². The van der Waals surface area contributed by atoms with Crippen LogP contribution >= 0.6 is 11.6 Å². The van der Waals surface area contributed by atoms with E-state index in [0.29, 0.717) is 29.8 Å². The van der Waals surface area contributed by atoms with E-state index in [-0.39, 0.29) is 11.5 Å². The molecule has 0 aromatic heterocycles. The van der Waals surface area contributed by atoms with E-state index in [1.54, 1.807) is 6.07 Å². The Kier molecular flexibility index (Phi) is 4.67. The van der Waals surface area contributed by atoms with Crippen molar-refractivity contribution in [3.8, 4) is 11.5 Å². The van der Waals surface area contributed by atoms with E-state index in [1.807, 2.05) is 6.92 Å². The van der Waals surface area contributed by atoms with Gasteiger partial charge in [-0.2, -0.15) is 0 Å². The van der Waals surface area contributed by atoms with Crippen LogP contribution in [-0.4, -0.2) is 23.3 Å². The molecule has 1 fully saturated rings. The van der Waals surface area contributed by atoms with E-state index < -0.39 is 11.4 Å². The lowest BCUT2D eigenvalue weighted by Gasteiger charge is -2.35. The number of phenols is 1. The zero-order valence-corrected chi connectivity index (χ0v) is 13.2. The number of aliphatic carboxylic acids is 1. The molecule has 0 heterocycles. The van der Waals surface area contributed by atoms with Gasteiger partial charge in [-0.25, -0.2) is 0 Å². The third kappa shape index (κ3) is 2.57. The number of carboxylic acids is 1. The first-order valence-corrected chi connectivity index (χ1v) is 7.68. The molecule has 2 rings (SSSR count). The van der Waals surface area contributed by atoms with E-state index in [9.17, 15) is 15.0 Å². The van der Waals surface area contributed by atoms with Gasteiger partial charge in [0.05, 0.1) is 17.5 Å². The van der Waals surface area contributed by atoms with Crippen LogP contribution in [0.4, 0.5) is 0 Å². The predicted octanol–water partition coefficient (Wildman–Crippen LogP) is 3.90. The molecule has 2 N–H and O–H groups in total. The number of aryl methyl sites for hydroxylation is 1. The molecule has 116 valence electrons. The van der Waals surface area contributed by atoms with Crippen LogP contribution in [0.1, 0.15) is 50.2 Å². The fraction of sp³-hybridized carbons (Fsp3) is 0.562. The van der Waals surface area contributed by atoms with Crippen molar-refractivity contribution in [2.45, 2.75) is 50.9 Å². The topological polar surface area (TPSA) is 66.8 Å². The lowest BCUT2D eigenvalue weighted by Crippen LogP contribution is -2.38. The number of aromatic hydroxyl groups is 1. The Bertz CT molecular complexity index is 519. The van der Waals surface area contributed by atoms with Crippen molar-refractivity contribution in [2.24, 2.45) is 0 Å². The molecule has 1 aliphatic carbocycles. The van der Waals surface area contributed by atoms with Crippen LogP contribution in [0.5, 0.6) is 11.5 Å². The first-order valence-electron chi connectivity index (χ1n) is 7.30. The van der Waals surface area contributed by atoms with Gasteiger partial charge in [0.1, 0.15) is 0 Å². The summed E-state index contributed by atoms with van der Waals surface area (Å²) in [5.74, 6) is -0.767. The van der Waals surface area contributed by atoms with Crippen molar-refractivity contribution < 1.29 is 19.7 Å². The van der Waals surface area contributed by atoms with Crippen molar-refractivity contribution in [3.63, 3.8) is 0 Å². The summed E-state index contributed by atoms with van der Waals surface area (Å²) in [6.45, 7) is 1.94. The molecule has 0 aliphatic heterocycles. The van der Waals surface area contributed by atoms with Crippen LogP contribution in [-0.2, 0) is 16.6 Å². The summed E-state index contributed by atoms with van der Waals surface area (Å²) in [6, 6.07) is 1.68. The molecule has 21 heavy (non-hydrogen) atoms. The van der Waals surface area contributed by atoms with E-state index in [2.05, 4.69) is 0 Å². The molecule has 0 unspecified atom stereocenters. The maximum atomic E-state index is 12.0. The third-order valence-electron chi connectivity index (χ3n) is 4.47. The SMILES string of the molecule is CCc1cc(OC)c(O)c(C2(C(=O)O)CCCCC2)c1Cl. The average Bonchev–Trinajstić information content (AvgIpc) is 2.48. The van der Waals surface area contributed by atoms with Crippen molar-refractivity contribution >= 4 is 17.6 Å². The number of hydrogen-bond acceptors (Lipinski definition) is 3. The van der Waals surface area contributed by atoms with Crippen LogP contribution in [0.3, 0.4) is 0 Å². The number of carbonyl (C=O) groups is 1. The smallest absolute Gasteiger partial charge is 0.314 e. The van der Waals surface area contributed by atoms with E-state index in [0.717, 1.165) is 24.8 Å². The minimum absolute atomic E-state index is 0.135. The first-order chi connectivity index (χ1) is 9.97. The molecule has 1 saturated carbocycles. The second-order valence-electron chi connectivity index (χ2n) is 5.58. The number of benzene rings is 1. The van der Waals surface area contributed by atoms with Gasteiger partial charge in [0, 0.05) is 5.56 Å². The van der Waals surface area contributed by atoms with Crippen molar-refractivity contribution in [1.29, 1.82) is 0 Å². The third-order valence-corrected chi connectivity index (χ3v) is 4.90. The quantitative estimate of drug-likeness (QED) is 0.884. The molecule has 0 atom stereocenters. The summed E-state index contributed by atoms with van der Waals surface area (Å²) in [4.78, 5) is 12.0. The van der Waals surface area contributed by atoms with Crippen LogP contribution in [0.2, 0.25) is 5.02 Å². The van der Waals surface area contributed by atoms with Gasteiger partial charge in [0.25, 0.3) is 0 Å². The van der Waals surface area contributed by atoms with Crippen LogP contribution < -0.4 is 4.74 Å². The molecule has 5 heteroatoms. The number of rotatable bonds is 4. The summed E-state index contributed by atoms with van der Waals surface area (Å²) in [6.07, 6.45) is 4.29. The summed E-state index contributed by atoms with van der Waals surface area (Å²) in [5.41, 5.74) is 0.0119. The molecule has 1 aromatic carbocycles. The number of methoxy groups -OCH3 is 1. The highest BCUT2D eigenvalue weighted by atomic mass is 35.5. The summed E-state index contributed by atoms with van der Waals surface area (Å²) < 4.78 is 5.20. The largest absolute Gasteiger partial charge is 0.504 e. The van der Waals surface area contributed by atoms with Gasteiger partial charge >= 0.3 is 5.97 Å². The number of phenolic OH excluding ortho intramolecular Hbond substituents is 1. The van der Waals surface area contributed by atoms with Crippen molar-refractivity contribution in [1.82, 2.24) is 0 Å². The average molecular weight is 313 g/mol. The van der Waals surface area contributed by atoms with E-state index in [4.69, 9.17) is 16.3 Å². The molecule has 1 aromatic rings. The van der Waals surface area contributed by atoms with E-state index in [1.165, 1.54) is 7.11 Å². The molecule has 0 bridgehead atoms.